The van der Waals surface area contributed by atoms with Crippen molar-refractivity contribution in [3.63, 3.8) is 0 Å². The van der Waals surface area contributed by atoms with E-state index in [1.807, 2.05) is 6.07 Å². The molecule has 0 unspecified atom stereocenters. The van der Waals surface area contributed by atoms with Crippen LogP contribution in [0.15, 0.2) is 133 Å². The smallest absolute Gasteiger partial charge is 0.0830 e. The number of benzene rings is 6. The standard InChI is InChI=1S/C20H14N2.C19H12N2/c1-22-17-11-5-3-8-15(17)20-19-14(9-6-12-18(19)22)13-7-2-4-10-16(13)21-20;1-3-9-15-12(6-1)13-8-5-11-17-18(13)19(21-15)14-7-2-4-10-16(14)20-17/h2-12H,1H3;1-11,20H. The summed E-state index contributed by atoms with van der Waals surface area (Å²) in [6.45, 7) is 0. The molecule has 0 amide bonds. The Balaban J connectivity index is 0.000000121. The van der Waals surface area contributed by atoms with Crippen LogP contribution < -0.4 is 10.2 Å². The number of nitrogens with zero attached hydrogens (tertiary/aromatic N) is 3. The van der Waals surface area contributed by atoms with Gasteiger partial charge in [-0.25, -0.2) is 9.97 Å². The van der Waals surface area contributed by atoms with E-state index in [2.05, 4.69) is 145 Å². The van der Waals surface area contributed by atoms with Crippen LogP contribution in [0.5, 0.6) is 0 Å². The monoisotopic (exact) mass is 550 g/mol. The molecule has 2 aliphatic heterocycles. The first-order chi connectivity index (χ1) is 21.3. The number of hydrogen-bond donors (Lipinski definition) is 1. The van der Waals surface area contributed by atoms with Crippen LogP contribution in [0.25, 0.3) is 65.9 Å². The number of aromatic nitrogens is 2. The van der Waals surface area contributed by atoms with Crippen LogP contribution in [0.2, 0.25) is 0 Å². The van der Waals surface area contributed by atoms with Gasteiger partial charge in [0, 0.05) is 51.1 Å². The Bertz CT molecular complexity index is 2410. The summed E-state index contributed by atoms with van der Waals surface area (Å²) in [5.74, 6) is 0. The van der Waals surface area contributed by atoms with Gasteiger partial charge in [0.25, 0.3) is 0 Å². The average molecular weight is 551 g/mol. The first-order valence-corrected chi connectivity index (χ1v) is 14.6. The van der Waals surface area contributed by atoms with Gasteiger partial charge in [-0.05, 0) is 47.2 Å². The Labute approximate surface area is 248 Å². The topological polar surface area (TPSA) is 41.1 Å². The second-order valence-corrected chi connectivity index (χ2v) is 11.1. The number of nitrogens with one attached hydrogen (secondary N) is 1. The number of fused-ring (bicyclic) bond motifs is 8. The Kier molecular flexibility index (Phi) is 5.08. The zero-order valence-corrected chi connectivity index (χ0v) is 23.5. The molecule has 0 atom stereocenters. The first kappa shape index (κ1) is 23.9. The molecule has 1 N–H and O–H groups in total. The molecule has 0 saturated carbocycles. The number of hydrogen-bond acceptors (Lipinski definition) is 4. The summed E-state index contributed by atoms with van der Waals surface area (Å²) >= 11 is 0. The molecule has 0 bridgehead atoms. The van der Waals surface area contributed by atoms with E-state index in [1.54, 1.807) is 0 Å². The molecule has 4 heterocycles. The minimum atomic E-state index is 1.05. The third kappa shape index (κ3) is 3.50. The van der Waals surface area contributed by atoms with E-state index < -0.39 is 0 Å². The molecule has 0 radical (unpaired) electrons. The molecule has 202 valence electrons. The van der Waals surface area contributed by atoms with Crippen LogP contribution in [-0.2, 0) is 0 Å². The molecule has 0 fully saturated rings. The lowest BCUT2D eigenvalue weighted by Crippen LogP contribution is -2.15. The zero-order chi connectivity index (χ0) is 28.5. The van der Waals surface area contributed by atoms with Gasteiger partial charge in [-0.2, -0.15) is 0 Å². The molecular formula is C39H26N4. The molecule has 8 aromatic rings. The van der Waals surface area contributed by atoms with Crippen LogP contribution >= 0.6 is 0 Å². The van der Waals surface area contributed by atoms with Gasteiger partial charge in [0.1, 0.15) is 0 Å². The van der Waals surface area contributed by atoms with Crippen LogP contribution in [0.4, 0.5) is 22.7 Å². The van der Waals surface area contributed by atoms with Crippen molar-refractivity contribution in [3.05, 3.63) is 133 Å². The van der Waals surface area contributed by atoms with Gasteiger partial charge in [-0.3, -0.25) is 0 Å². The minimum Gasteiger partial charge on any atom is -0.354 e. The summed E-state index contributed by atoms with van der Waals surface area (Å²) < 4.78 is 0. The molecule has 2 aromatic heterocycles. The predicted octanol–water partition coefficient (Wildman–Crippen LogP) is 10.2. The highest BCUT2D eigenvalue weighted by molar-refractivity contribution is 6.20. The maximum Gasteiger partial charge on any atom is 0.0830 e. The summed E-state index contributed by atoms with van der Waals surface area (Å²) in [6.07, 6.45) is 0. The highest BCUT2D eigenvalue weighted by Gasteiger charge is 2.24. The summed E-state index contributed by atoms with van der Waals surface area (Å²) in [7, 11) is 2.13. The van der Waals surface area contributed by atoms with Crippen molar-refractivity contribution in [2.45, 2.75) is 0 Å². The molecule has 6 aromatic carbocycles. The second-order valence-electron chi connectivity index (χ2n) is 11.1. The third-order valence-corrected chi connectivity index (χ3v) is 8.77. The van der Waals surface area contributed by atoms with E-state index in [9.17, 15) is 0 Å². The fourth-order valence-corrected chi connectivity index (χ4v) is 6.81. The van der Waals surface area contributed by atoms with Gasteiger partial charge < -0.3 is 10.2 Å². The highest BCUT2D eigenvalue weighted by Crippen LogP contribution is 2.47. The van der Waals surface area contributed by atoms with E-state index in [0.717, 1.165) is 33.8 Å². The lowest BCUT2D eigenvalue weighted by atomic mass is 9.94. The second kappa shape index (κ2) is 9.13. The predicted molar refractivity (Wildman–Crippen MR) is 181 cm³/mol. The van der Waals surface area contributed by atoms with Crippen LogP contribution in [0.3, 0.4) is 0 Å². The van der Waals surface area contributed by atoms with E-state index in [0.29, 0.717) is 0 Å². The molecule has 0 spiro atoms. The van der Waals surface area contributed by atoms with Gasteiger partial charge in [0.2, 0.25) is 0 Å². The SMILES string of the molecule is CN1c2ccccc2-c2nc3ccccc3c3cccc1c23.c1ccc2c(c1)Nc1cccc3c1c-2nc1ccccc13. The quantitative estimate of drug-likeness (QED) is 0.191. The van der Waals surface area contributed by atoms with E-state index >= 15 is 0 Å². The molecule has 43 heavy (non-hydrogen) atoms. The average Bonchev–Trinajstić information content (AvgIpc) is 3.07. The van der Waals surface area contributed by atoms with Gasteiger partial charge in [0.05, 0.1) is 33.8 Å². The molecule has 0 aliphatic carbocycles. The maximum absolute atomic E-state index is 4.98. The van der Waals surface area contributed by atoms with E-state index in [-0.39, 0.29) is 0 Å². The Morgan fingerprint density at radius 1 is 0.442 bits per heavy atom. The largest absolute Gasteiger partial charge is 0.354 e. The first-order valence-electron chi connectivity index (χ1n) is 14.6. The van der Waals surface area contributed by atoms with Crippen molar-refractivity contribution >= 4 is 66.1 Å². The van der Waals surface area contributed by atoms with Crippen molar-refractivity contribution in [3.8, 4) is 22.5 Å². The number of rotatable bonds is 0. The summed E-state index contributed by atoms with van der Waals surface area (Å²) in [5.41, 5.74) is 11.4. The van der Waals surface area contributed by atoms with E-state index in [4.69, 9.17) is 9.97 Å². The number of pyridine rings is 2. The van der Waals surface area contributed by atoms with Gasteiger partial charge >= 0.3 is 0 Å². The molecular weight excluding hydrogens is 524 g/mol. The third-order valence-electron chi connectivity index (χ3n) is 8.77. The fourth-order valence-electron chi connectivity index (χ4n) is 6.81. The van der Waals surface area contributed by atoms with Crippen LogP contribution in [0.1, 0.15) is 0 Å². The van der Waals surface area contributed by atoms with Gasteiger partial charge in [-0.15, -0.1) is 0 Å². The lowest BCUT2D eigenvalue weighted by molar-refractivity contribution is 1.20. The van der Waals surface area contributed by atoms with Crippen molar-refractivity contribution in [2.24, 2.45) is 0 Å². The highest BCUT2D eigenvalue weighted by atomic mass is 15.1. The molecule has 4 nitrogen and oxygen atoms in total. The fraction of sp³-hybridized carbons (Fsp3) is 0.0256. The molecule has 4 heteroatoms. The van der Waals surface area contributed by atoms with Crippen LogP contribution in [0, 0.1) is 0 Å². The summed E-state index contributed by atoms with van der Waals surface area (Å²) in [6, 6.07) is 46.5. The maximum atomic E-state index is 4.98. The van der Waals surface area contributed by atoms with E-state index in [1.165, 1.54) is 54.8 Å². The van der Waals surface area contributed by atoms with Crippen LogP contribution in [-0.4, -0.2) is 17.0 Å². The Hall–Kier alpha value is -5.74. The zero-order valence-electron chi connectivity index (χ0n) is 23.5. The summed E-state index contributed by atoms with van der Waals surface area (Å²) in [4.78, 5) is 12.2. The summed E-state index contributed by atoms with van der Waals surface area (Å²) in [5, 5.41) is 11.0. The van der Waals surface area contributed by atoms with Crippen molar-refractivity contribution in [1.29, 1.82) is 0 Å². The molecule has 2 aliphatic rings. The Morgan fingerprint density at radius 3 is 1.72 bits per heavy atom. The van der Waals surface area contributed by atoms with Crippen molar-refractivity contribution in [2.75, 3.05) is 17.3 Å². The van der Waals surface area contributed by atoms with Gasteiger partial charge in [-0.1, -0.05) is 97.1 Å². The van der Waals surface area contributed by atoms with Gasteiger partial charge in [0.15, 0.2) is 0 Å². The molecule has 10 rings (SSSR count). The Morgan fingerprint density at radius 2 is 0.953 bits per heavy atom. The van der Waals surface area contributed by atoms with Crippen molar-refractivity contribution in [1.82, 2.24) is 9.97 Å². The number of para-hydroxylation sites is 4. The number of anilines is 4. The molecule has 0 saturated heterocycles. The van der Waals surface area contributed by atoms with Crippen molar-refractivity contribution < 1.29 is 0 Å². The normalized spacial score (nSPS) is 12.4. The lowest BCUT2D eigenvalue weighted by Gasteiger charge is -2.29. The minimum absolute atomic E-state index is 1.05.